The van der Waals surface area contributed by atoms with E-state index >= 15 is 0 Å². The summed E-state index contributed by atoms with van der Waals surface area (Å²) in [7, 11) is 0. The lowest BCUT2D eigenvalue weighted by Gasteiger charge is -2.13. The Balaban J connectivity index is 1.69. The minimum Gasteiger partial charge on any atom is -0.456 e. The number of benzene rings is 3. The lowest BCUT2D eigenvalue weighted by atomic mass is 10.0. The van der Waals surface area contributed by atoms with E-state index in [-0.39, 0.29) is 5.91 Å². The zero-order valence-electron chi connectivity index (χ0n) is 14.4. The Bertz CT molecular complexity index is 1200. The van der Waals surface area contributed by atoms with Gasteiger partial charge in [-0.05, 0) is 42.8 Å². The van der Waals surface area contributed by atoms with E-state index in [0.29, 0.717) is 6.54 Å². The maximum absolute atomic E-state index is 12.9. The van der Waals surface area contributed by atoms with E-state index in [1.165, 1.54) is 0 Å². The first-order chi connectivity index (χ1) is 12.8. The van der Waals surface area contributed by atoms with Crippen molar-refractivity contribution in [1.29, 1.82) is 0 Å². The Morgan fingerprint density at radius 1 is 0.923 bits per heavy atom. The van der Waals surface area contributed by atoms with Crippen molar-refractivity contribution >= 4 is 45.2 Å². The molecule has 2 heterocycles. The van der Waals surface area contributed by atoms with Crippen LogP contribution in [0.15, 0.2) is 71.1 Å². The SMILES string of the molecule is CCN1C(=O)/C(=C\c2ccc3oc4ccccc4c3c2)c2ccccc21. The smallest absolute Gasteiger partial charge is 0.258 e. The Kier molecular flexibility index (Phi) is 3.22. The third kappa shape index (κ3) is 2.10. The van der Waals surface area contributed by atoms with Crippen LogP contribution < -0.4 is 4.90 Å². The molecule has 26 heavy (non-hydrogen) atoms. The van der Waals surface area contributed by atoms with Crippen molar-refractivity contribution in [2.45, 2.75) is 6.92 Å². The predicted octanol–water partition coefficient (Wildman–Crippen LogP) is 5.49. The van der Waals surface area contributed by atoms with E-state index in [2.05, 4.69) is 12.1 Å². The average Bonchev–Trinajstić information content (AvgIpc) is 3.17. The maximum atomic E-state index is 12.9. The van der Waals surface area contributed by atoms with Gasteiger partial charge < -0.3 is 9.32 Å². The van der Waals surface area contributed by atoms with Gasteiger partial charge in [0.25, 0.3) is 5.91 Å². The van der Waals surface area contributed by atoms with Crippen molar-refractivity contribution in [2.24, 2.45) is 0 Å². The van der Waals surface area contributed by atoms with Gasteiger partial charge in [0, 0.05) is 28.5 Å². The summed E-state index contributed by atoms with van der Waals surface area (Å²) in [6.07, 6.45) is 1.98. The number of hydrogen-bond donors (Lipinski definition) is 0. The normalized spacial score (nSPS) is 15.3. The van der Waals surface area contributed by atoms with E-state index in [1.807, 2.05) is 72.5 Å². The lowest BCUT2D eigenvalue weighted by molar-refractivity contribution is -0.112. The van der Waals surface area contributed by atoms with Gasteiger partial charge in [0.05, 0.1) is 5.69 Å². The summed E-state index contributed by atoms with van der Waals surface area (Å²) in [4.78, 5) is 14.7. The number of nitrogens with zero attached hydrogens (tertiary/aromatic N) is 1. The summed E-state index contributed by atoms with van der Waals surface area (Å²) in [5, 5.41) is 2.16. The summed E-state index contributed by atoms with van der Waals surface area (Å²) in [5.41, 5.74) is 5.47. The molecule has 5 rings (SSSR count). The Labute approximate surface area is 151 Å². The Hall–Kier alpha value is -3.33. The van der Waals surface area contributed by atoms with E-state index < -0.39 is 0 Å². The van der Waals surface area contributed by atoms with Crippen molar-refractivity contribution in [3.8, 4) is 0 Å². The standard InChI is InChI=1S/C23H17NO2/c1-2-24-20-9-5-3-7-16(20)19(23(24)25)14-15-11-12-22-18(13-15)17-8-4-6-10-21(17)26-22/h3-14H,2H2,1H3/b19-14-. The molecule has 0 N–H and O–H groups in total. The highest BCUT2D eigenvalue weighted by Crippen LogP contribution is 2.38. The topological polar surface area (TPSA) is 33.5 Å². The van der Waals surface area contributed by atoms with Crippen LogP contribution in [-0.4, -0.2) is 12.5 Å². The van der Waals surface area contributed by atoms with Crippen molar-refractivity contribution < 1.29 is 9.21 Å². The molecule has 126 valence electrons. The van der Waals surface area contributed by atoms with Gasteiger partial charge in [-0.2, -0.15) is 0 Å². The quantitative estimate of drug-likeness (QED) is 0.452. The number of rotatable bonds is 2. The summed E-state index contributed by atoms with van der Waals surface area (Å²) in [6, 6.07) is 22.1. The number of amides is 1. The number of anilines is 1. The number of carbonyl (C=O) groups excluding carboxylic acids is 1. The van der Waals surface area contributed by atoms with Crippen LogP contribution in [0.5, 0.6) is 0 Å². The number of furan rings is 1. The Morgan fingerprint density at radius 3 is 2.58 bits per heavy atom. The largest absolute Gasteiger partial charge is 0.456 e. The zero-order valence-corrected chi connectivity index (χ0v) is 14.4. The molecule has 1 aliphatic rings. The van der Waals surface area contributed by atoms with Gasteiger partial charge in [-0.15, -0.1) is 0 Å². The molecule has 3 aromatic carbocycles. The lowest BCUT2D eigenvalue weighted by Crippen LogP contribution is -2.25. The molecule has 3 heteroatoms. The van der Waals surface area contributed by atoms with Gasteiger partial charge in [-0.1, -0.05) is 42.5 Å². The summed E-state index contributed by atoms with van der Waals surface area (Å²) in [5.74, 6) is 0.0610. The molecule has 0 atom stereocenters. The van der Waals surface area contributed by atoms with E-state index in [1.54, 1.807) is 0 Å². The average molecular weight is 339 g/mol. The van der Waals surface area contributed by atoms with Crippen LogP contribution in [-0.2, 0) is 4.79 Å². The number of carbonyl (C=O) groups is 1. The van der Waals surface area contributed by atoms with E-state index in [4.69, 9.17) is 4.42 Å². The molecule has 1 aromatic heterocycles. The molecule has 4 aromatic rings. The van der Waals surface area contributed by atoms with E-state index in [9.17, 15) is 4.79 Å². The highest BCUT2D eigenvalue weighted by molar-refractivity contribution is 6.35. The van der Waals surface area contributed by atoms with Crippen LogP contribution in [0.2, 0.25) is 0 Å². The highest BCUT2D eigenvalue weighted by Gasteiger charge is 2.30. The van der Waals surface area contributed by atoms with Gasteiger partial charge in [-0.3, -0.25) is 4.79 Å². The Morgan fingerprint density at radius 2 is 1.69 bits per heavy atom. The first-order valence-electron chi connectivity index (χ1n) is 8.80. The first kappa shape index (κ1) is 15.0. The molecule has 0 aliphatic carbocycles. The van der Waals surface area contributed by atoms with Crippen molar-refractivity contribution in [2.75, 3.05) is 11.4 Å². The van der Waals surface area contributed by atoms with Crippen LogP contribution in [0, 0.1) is 0 Å². The van der Waals surface area contributed by atoms with Crippen molar-refractivity contribution in [3.63, 3.8) is 0 Å². The van der Waals surface area contributed by atoms with Crippen LogP contribution in [0.25, 0.3) is 33.6 Å². The number of fused-ring (bicyclic) bond motifs is 4. The minimum atomic E-state index is 0.0610. The molecule has 3 nitrogen and oxygen atoms in total. The van der Waals surface area contributed by atoms with Crippen molar-refractivity contribution in [1.82, 2.24) is 0 Å². The minimum absolute atomic E-state index is 0.0610. The molecule has 1 amide bonds. The number of para-hydroxylation sites is 2. The molecule has 0 saturated heterocycles. The van der Waals surface area contributed by atoms with Gasteiger partial charge >= 0.3 is 0 Å². The fourth-order valence-corrected chi connectivity index (χ4v) is 3.76. The molecule has 0 radical (unpaired) electrons. The van der Waals surface area contributed by atoms with Crippen LogP contribution >= 0.6 is 0 Å². The second-order valence-electron chi connectivity index (χ2n) is 6.48. The summed E-state index contributed by atoms with van der Waals surface area (Å²) >= 11 is 0. The molecular formula is C23H17NO2. The van der Waals surface area contributed by atoms with Crippen LogP contribution in [0.3, 0.4) is 0 Å². The third-order valence-electron chi connectivity index (χ3n) is 4.99. The molecule has 0 unspecified atom stereocenters. The molecular weight excluding hydrogens is 322 g/mol. The van der Waals surface area contributed by atoms with Gasteiger partial charge in [0.1, 0.15) is 11.2 Å². The molecule has 0 fully saturated rings. The second kappa shape index (κ2) is 5.60. The van der Waals surface area contributed by atoms with Gasteiger partial charge in [0.15, 0.2) is 0 Å². The second-order valence-corrected chi connectivity index (χ2v) is 6.48. The first-order valence-corrected chi connectivity index (χ1v) is 8.80. The van der Waals surface area contributed by atoms with E-state index in [0.717, 1.165) is 44.3 Å². The monoisotopic (exact) mass is 339 g/mol. The van der Waals surface area contributed by atoms with Crippen LogP contribution in [0.4, 0.5) is 5.69 Å². The summed E-state index contributed by atoms with van der Waals surface area (Å²) < 4.78 is 5.89. The highest BCUT2D eigenvalue weighted by atomic mass is 16.3. The fraction of sp³-hybridized carbons (Fsp3) is 0.0870. The van der Waals surface area contributed by atoms with Crippen LogP contribution in [0.1, 0.15) is 18.1 Å². The maximum Gasteiger partial charge on any atom is 0.258 e. The number of likely N-dealkylation sites (N-methyl/N-ethyl adjacent to an activating group) is 1. The third-order valence-corrected chi connectivity index (χ3v) is 4.99. The molecule has 1 aliphatic heterocycles. The molecule has 0 saturated carbocycles. The van der Waals surface area contributed by atoms with Gasteiger partial charge in [-0.25, -0.2) is 0 Å². The molecule has 0 bridgehead atoms. The molecule has 0 spiro atoms. The van der Waals surface area contributed by atoms with Crippen molar-refractivity contribution in [3.05, 3.63) is 77.9 Å². The summed E-state index contributed by atoms with van der Waals surface area (Å²) in [6.45, 7) is 2.67. The fourth-order valence-electron chi connectivity index (χ4n) is 3.76. The van der Waals surface area contributed by atoms with Gasteiger partial charge in [0.2, 0.25) is 0 Å². The number of hydrogen-bond acceptors (Lipinski definition) is 2. The zero-order chi connectivity index (χ0) is 17.7. The predicted molar refractivity (Wildman–Crippen MR) is 106 cm³/mol.